The Balaban J connectivity index is 0.000000240. The average molecular weight is 335 g/mol. The number of hydrogen-bond donors (Lipinski definition) is 0. The average Bonchev–Trinajstić information content (AvgIpc) is 3.25. The Hall–Kier alpha value is -3.48. The maximum absolute atomic E-state index is 10.9. The SMILES string of the molecule is CCOC(=O)c1coc(C#N)n1.CCOC(=O)c1coc(C=O)n1. The van der Waals surface area contributed by atoms with Crippen molar-refractivity contribution in [2.45, 2.75) is 13.8 Å². The third-order valence-corrected chi connectivity index (χ3v) is 2.19. The summed E-state index contributed by atoms with van der Waals surface area (Å²) in [4.78, 5) is 39.0. The van der Waals surface area contributed by atoms with E-state index in [1.54, 1.807) is 19.9 Å². The van der Waals surface area contributed by atoms with E-state index in [9.17, 15) is 14.4 Å². The van der Waals surface area contributed by atoms with Gasteiger partial charge >= 0.3 is 17.8 Å². The molecule has 10 nitrogen and oxygen atoms in total. The van der Waals surface area contributed by atoms with E-state index < -0.39 is 11.9 Å². The van der Waals surface area contributed by atoms with Crippen molar-refractivity contribution >= 4 is 18.2 Å². The molecule has 0 amide bonds. The molecule has 0 aromatic carbocycles. The van der Waals surface area contributed by atoms with Gasteiger partial charge in [-0.25, -0.2) is 9.59 Å². The second-order valence-electron chi connectivity index (χ2n) is 3.78. The number of aldehydes is 1. The number of esters is 2. The predicted molar refractivity (Wildman–Crippen MR) is 75.0 cm³/mol. The van der Waals surface area contributed by atoms with Crippen LogP contribution in [0.15, 0.2) is 21.4 Å². The van der Waals surface area contributed by atoms with Gasteiger partial charge in [0.2, 0.25) is 6.29 Å². The Labute approximate surface area is 136 Å². The lowest BCUT2D eigenvalue weighted by molar-refractivity contribution is 0.0510. The summed E-state index contributed by atoms with van der Waals surface area (Å²) >= 11 is 0. The Morgan fingerprint density at radius 2 is 1.67 bits per heavy atom. The summed E-state index contributed by atoms with van der Waals surface area (Å²) in [6.07, 6.45) is 2.60. The minimum Gasteiger partial charge on any atom is -0.461 e. The highest BCUT2D eigenvalue weighted by atomic mass is 16.5. The summed E-state index contributed by atoms with van der Waals surface area (Å²) in [6.45, 7) is 3.90. The van der Waals surface area contributed by atoms with Crippen LogP contribution < -0.4 is 0 Å². The normalized spacial score (nSPS) is 9.21. The zero-order chi connectivity index (χ0) is 17.9. The number of hydrogen-bond acceptors (Lipinski definition) is 10. The molecule has 0 radical (unpaired) electrons. The van der Waals surface area contributed by atoms with Crippen molar-refractivity contribution in [3.8, 4) is 6.07 Å². The third kappa shape index (κ3) is 5.38. The lowest BCUT2D eigenvalue weighted by atomic mass is 10.5. The summed E-state index contributed by atoms with van der Waals surface area (Å²) in [5.74, 6) is -1.44. The van der Waals surface area contributed by atoms with Gasteiger partial charge in [0.15, 0.2) is 17.5 Å². The Kier molecular flexibility index (Phi) is 7.37. The molecule has 2 aromatic rings. The van der Waals surface area contributed by atoms with Crippen LogP contribution in [0.5, 0.6) is 0 Å². The van der Waals surface area contributed by atoms with Crippen LogP contribution in [-0.4, -0.2) is 41.4 Å². The van der Waals surface area contributed by atoms with Gasteiger partial charge < -0.3 is 18.3 Å². The molecule has 0 atom stereocenters. The fourth-order valence-electron chi connectivity index (χ4n) is 1.26. The largest absolute Gasteiger partial charge is 0.461 e. The van der Waals surface area contributed by atoms with Crippen LogP contribution in [0.2, 0.25) is 0 Å². The maximum atomic E-state index is 10.9. The van der Waals surface area contributed by atoms with Gasteiger partial charge in [-0.1, -0.05) is 0 Å². The van der Waals surface area contributed by atoms with Gasteiger partial charge in [-0.15, -0.1) is 0 Å². The predicted octanol–water partition coefficient (Wildman–Crippen LogP) is 1.39. The van der Waals surface area contributed by atoms with E-state index in [-0.39, 0.29) is 36.4 Å². The minimum absolute atomic E-state index is 0.0129. The van der Waals surface area contributed by atoms with E-state index in [1.807, 2.05) is 0 Å². The van der Waals surface area contributed by atoms with Crippen LogP contribution in [0.3, 0.4) is 0 Å². The molecule has 0 aliphatic heterocycles. The molecule has 0 aliphatic carbocycles. The van der Waals surface area contributed by atoms with Crippen molar-refractivity contribution in [3.63, 3.8) is 0 Å². The molecule has 2 aromatic heterocycles. The molecule has 2 rings (SSSR count). The van der Waals surface area contributed by atoms with Crippen molar-refractivity contribution in [1.82, 2.24) is 9.97 Å². The van der Waals surface area contributed by atoms with Crippen LogP contribution in [0.1, 0.15) is 51.4 Å². The first-order valence-corrected chi connectivity index (χ1v) is 6.66. The highest BCUT2D eigenvalue weighted by Gasteiger charge is 2.12. The van der Waals surface area contributed by atoms with Crippen molar-refractivity contribution in [1.29, 1.82) is 5.26 Å². The molecule has 0 spiro atoms. The number of oxazole rings is 2. The zero-order valence-electron chi connectivity index (χ0n) is 12.8. The molecule has 10 heteroatoms. The second kappa shape index (κ2) is 9.52. The highest BCUT2D eigenvalue weighted by Crippen LogP contribution is 2.02. The fourth-order valence-corrected chi connectivity index (χ4v) is 1.26. The summed E-state index contributed by atoms with van der Waals surface area (Å²) < 4.78 is 18.4. The number of nitrogens with zero attached hydrogens (tertiary/aromatic N) is 3. The first-order chi connectivity index (χ1) is 11.5. The third-order valence-electron chi connectivity index (χ3n) is 2.19. The molecule has 0 bridgehead atoms. The molecule has 0 unspecified atom stereocenters. The van der Waals surface area contributed by atoms with E-state index >= 15 is 0 Å². The van der Waals surface area contributed by atoms with E-state index in [2.05, 4.69) is 28.3 Å². The fraction of sp³-hybridized carbons (Fsp3) is 0.286. The number of ether oxygens (including phenoxy) is 2. The van der Waals surface area contributed by atoms with Crippen molar-refractivity contribution in [3.05, 3.63) is 35.7 Å². The van der Waals surface area contributed by atoms with Gasteiger partial charge in [-0.2, -0.15) is 15.2 Å². The van der Waals surface area contributed by atoms with Gasteiger partial charge in [0.05, 0.1) is 13.2 Å². The van der Waals surface area contributed by atoms with E-state index in [0.29, 0.717) is 6.29 Å². The lowest BCUT2D eigenvalue weighted by Gasteiger charge is -1.94. The standard InChI is InChI=1S/C7H6N2O3.C7H7NO4/c1-2-11-7(10)5-4-12-6(3-8)9-5;1-2-11-7(10)5-4-12-6(3-9)8-5/h4H,2H2,1H3;3-4H,2H2,1H3. The molecule has 0 N–H and O–H groups in total. The van der Waals surface area contributed by atoms with Gasteiger partial charge in [0, 0.05) is 0 Å². The maximum Gasteiger partial charge on any atom is 0.360 e. The van der Waals surface area contributed by atoms with Crippen molar-refractivity contribution in [2.24, 2.45) is 0 Å². The number of nitriles is 1. The van der Waals surface area contributed by atoms with Gasteiger partial charge in [0.1, 0.15) is 12.5 Å². The minimum atomic E-state index is -0.589. The molecule has 24 heavy (non-hydrogen) atoms. The molecule has 2 heterocycles. The second-order valence-corrected chi connectivity index (χ2v) is 3.78. The van der Waals surface area contributed by atoms with Gasteiger partial charge in [0.25, 0.3) is 5.89 Å². The van der Waals surface area contributed by atoms with Crippen LogP contribution in [0, 0.1) is 11.3 Å². The summed E-state index contributed by atoms with van der Waals surface area (Å²) in [7, 11) is 0. The zero-order valence-corrected chi connectivity index (χ0v) is 12.8. The molecular formula is C14H13N3O7. The molecule has 0 aliphatic rings. The molecular weight excluding hydrogens is 322 g/mol. The van der Waals surface area contributed by atoms with Gasteiger partial charge in [-0.3, -0.25) is 4.79 Å². The smallest absolute Gasteiger partial charge is 0.360 e. The topological polar surface area (TPSA) is 146 Å². The van der Waals surface area contributed by atoms with Crippen LogP contribution >= 0.6 is 0 Å². The molecule has 126 valence electrons. The Bertz CT molecular complexity index is 742. The molecule has 0 saturated carbocycles. The number of aromatic nitrogens is 2. The summed E-state index contributed by atoms with van der Waals surface area (Å²) in [6, 6.07) is 1.66. The quantitative estimate of drug-likeness (QED) is 0.580. The Morgan fingerprint density at radius 1 is 1.12 bits per heavy atom. The van der Waals surface area contributed by atoms with Gasteiger partial charge in [-0.05, 0) is 13.8 Å². The van der Waals surface area contributed by atoms with E-state index in [1.165, 1.54) is 0 Å². The van der Waals surface area contributed by atoms with Crippen LogP contribution in [0.4, 0.5) is 0 Å². The first kappa shape index (κ1) is 18.6. The molecule has 0 fully saturated rings. The van der Waals surface area contributed by atoms with Crippen LogP contribution in [0.25, 0.3) is 0 Å². The molecule has 0 saturated heterocycles. The van der Waals surface area contributed by atoms with E-state index in [4.69, 9.17) is 5.26 Å². The summed E-state index contributed by atoms with van der Waals surface area (Å²) in [5.41, 5.74) is 0.0346. The number of carbonyl (C=O) groups excluding carboxylic acids is 3. The van der Waals surface area contributed by atoms with E-state index in [0.717, 1.165) is 12.5 Å². The van der Waals surface area contributed by atoms with Crippen molar-refractivity contribution in [2.75, 3.05) is 13.2 Å². The number of carbonyl (C=O) groups is 3. The first-order valence-electron chi connectivity index (χ1n) is 6.66. The van der Waals surface area contributed by atoms with Crippen molar-refractivity contribution < 1.29 is 32.7 Å². The lowest BCUT2D eigenvalue weighted by Crippen LogP contribution is -2.04. The summed E-state index contributed by atoms with van der Waals surface area (Å²) in [5, 5.41) is 8.30. The Morgan fingerprint density at radius 3 is 2.08 bits per heavy atom. The monoisotopic (exact) mass is 335 g/mol. The number of rotatable bonds is 5. The van der Waals surface area contributed by atoms with Crippen LogP contribution in [-0.2, 0) is 9.47 Å². The highest BCUT2D eigenvalue weighted by molar-refractivity contribution is 5.87.